The monoisotopic (exact) mass is 393 g/mol. The third-order valence-electron chi connectivity index (χ3n) is 6.20. The van der Waals surface area contributed by atoms with Crippen LogP contribution in [0.2, 0.25) is 0 Å². The highest BCUT2D eigenvalue weighted by Gasteiger charge is 2.38. The van der Waals surface area contributed by atoms with Gasteiger partial charge in [0.25, 0.3) is 0 Å². The molecule has 1 amide bonds. The number of benzene rings is 1. The second-order valence-electron chi connectivity index (χ2n) is 8.10. The van der Waals surface area contributed by atoms with Gasteiger partial charge in [-0.3, -0.25) is 4.79 Å². The second-order valence-corrected chi connectivity index (χ2v) is 10.0. The van der Waals surface area contributed by atoms with E-state index in [1.165, 1.54) is 4.31 Å². The van der Waals surface area contributed by atoms with Crippen LogP contribution < -0.4 is 5.73 Å². The van der Waals surface area contributed by atoms with E-state index in [2.05, 4.69) is 6.92 Å². The van der Waals surface area contributed by atoms with Crippen LogP contribution in [0.5, 0.6) is 0 Å². The summed E-state index contributed by atoms with van der Waals surface area (Å²) in [4.78, 5) is 15.2. The maximum absolute atomic E-state index is 12.9. The molecule has 2 aliphatic heterocycles. The van der Waals surface area contributed by atoms with E-state index in [0.717, 1.165) is 24.1 Å². The molecular weight excluding hydrogens is 362 g/mol. The maximum Gasteiger partial charge on any atom is 0.243 e. The van der Waals surface area contributed by atoms with Crippen LogP contribution in [0.15, 0.2) is 23.1 Å². The maximum atomic E-state index is 12.9. The van der Waals surface area contributed by atoms with Gasteiger partial charge in [-0.2, -0.15) is 4.31 Å². The summed E-state index contributed by atoms with van der Waals surface area (Å²) in [7, 11) is -3.50. The van der Waals surface area contributed by atoms with Crippen molar-refractivity contribution in [2.45, 2.75) is 51.0 Å². The molecule has 6 nitrogen and oxygen atoms in total. The average molecular weight is 394 g/mol. The van der Waals surface area contributed by atoms with Gasteiger partial charge >= 0.3 is 0 Å². The molecule has 150 valence electrons. The first-order valence-electron chi connectivity index (χ1n) is 9.82. The van der Waals surface area contributed by atoms with Gasteiger partial charge in [0.15, 0.2) is 0 Å². The van der Waals surface area contributed by atoms with E-state index in [9.17, 15) is 13.2 Å². The number of piperidine rings is 1. The highest BCUT2D eigenvalue weighted by atomic mass is 32.2. The SMILES string of the molecule is Cc1ccc(S(=O)(=O)N2CCC(C(=O)N3CC(CN)CC3C)CC2)cc1C. The van der Waals surface area contributed by atoms with Gasteiger partial charge in [0.05, 0.1) is 4.90 Å². The van der Waals surface area contributed by atoms with Gasteiger partial charge in [0, 0.05) is 31.6 Å². The Kier molecular flexibility index (Phi) is 5.93. The molecule has 2 unspecified atom stereocenters. The number of hydrogen-bond acceptors (Lipinski definition) is 4. The molecule has 1 aromatic carbocycles. The molecular formula is C20H31N3O3S. The van der Waals surface area contributed by atoms with E-state index in [-0.39, 0.29) is 17.9 Å². The number of rotatable bonds is 4. The van der Waals surface area contributed by atoms with Crippen LogP contribution >= 0.6 is 0 Å². The number of nitrogens with zero attached hydrogens (tertiary/aromatic N) is 2. The van der Waals surface area contributed by atoms with Crippen LogP contribution in [0.3, 0.4) is 0 Å². The molecule has 2 fully saturated rings. The Hall–Kier alpha value is -1.44. The summed E-state index contributed by atoms with van der Waals surface area (Å²) in [6.45, 7) is 8.11. The first-order chi connectivity index (χ1) is 12.7. The van der Waals surface area contributed by atoms with Gasteiger partial charge in [0.2, 0.25) is 15.9 Å². The predicted octanol–water partition coefficient (Wildman–Crippen LogP) is 1.90. The molecule has 0 bridgehead atoms. The van der Waals surface area contributed by atoms with Crippen molar-refractivity contribution in [3.05, 3.63) is 29.3 Å². The largest absolute Gasteiger partial charge is 0.339 e. The summed E-state index contributed by atoms with van der Waals surface area (Å²) in [5, 5.41) is 0. The number of sulfonamides is 1. The molecule has 1 aromatic rings. The second kappa shape index (κ2) is 7.89. The molecule has 2 heterocycles. The van der Waals surface area contributed by atoms with Crippen LogP contribution in [0.1, 0.15) is 37.3 Å². The molecule has 0 radical (unpaired) electrons. The summed E-state index contributed by atoms with van der Waals surface area (Å²) in [5.74, 6) is 0.464. The average Bonchev–Trinajstić information content (AvgIpc) is 3.04. The zero-order valence-corrected chi connectivity index (χ0v) is 17.3. The number of aryl methyl sites for hydroxylation is 2. The minimum absolute atomic E-state index is 0.0878. The van der Waals surface area contributed by atoms with Crippen molar-refractivity contribution in [1.82, 2.24) is 9.21 Å². The number of nitrogens with two attached hydrogens (primary N) is 1. The van der Waals surface area contributed by atoms with Crippen LogP contribution in [-0.2, 0) is 14.8 Å². The lowest BCUT2D eigenvalue weighted by Gasteiger charge is -2.33. The third-order valence-corrected chi connectivity index (χ3v) is 8.09. The van der Waals surface area contributed by atoms with E-state index in [4.69, 9.17) is 5.73 Å². The Bertz CT molecular complexity index is 801. The summed E-state index contributed by atoms with van der Waals surface area (Å²) < 4.78 is 27.4. The summed E-state index contributed by atoms with van der Waals surface area (Å²) in [6, 6.07) is 5.48. The lowest BCUT2D eigenvalue weighted by Crippen LogP contribution is -2.45. The Labute approximate surface area is 162 Å². The Morgan fingerprint density at radius 3 is 2.41 bits per heavy atom. The fourth-order valence-corrected chi connectivity index (χ4v) is 5.78. The zero-order valence-electron chi connectivity index (χ0n) is 16.5. The quantitative estimate of drug-likeness (QED) is 0.847. The van der Waals surface area contributed by atoms with Crippen molar-refractivity contribution in [1.29, 1.82) is 0 Å². The first kappa shape index (κ1) is 20.3. The van der Waals surface area contributed by atoms with Gasteiger partial charge in [-0.25, -0.2) is 8.42 Å². The van der Waals surface area contributed by atoms with E-state index in [0.29, 0.717) is 43.3 Å². The van der Waals surface area contributed by atoms with Crippen LogP contribution in [0, 0.1) is 25.7 Å². The van der Waals surface area contributed by atoms with Crippen molar-refractivity contribution < 1.29 is 13.2 Å². The highest BCUT2D eigenvalue weighted by molar-refractivity contribution is 7.89. The number of likely N-dealkylation sites (tertiary alicyclic amines) is 1. The standard InChI is InChI=1S/C20H31N3O3S/c1-14-4-5-19(10-15(14)2)27(25,26)22-8-6-18(7-9-22)20(24)23-13-17(12-21)11-16(23)3/h4-5,10,16-18H,6-9,11-13,21H2,1-3H3. The zero-order chi connectivity index (χ0) is 19.8. The molecule has 2 N–H and O–H groups in total. The normalized spacial score (nSPS) is 25.1. The van der Waals surface area contributed by atoms with Crippen LogP contribution in [0.4, 0.5) is 0 Å². The molecule has 7 heteroatoms. The van der Waals surface area contributed by atoms with Crippen molar-refractivity contribution in [3.8, 4) is 0 Å². The molecule has 2 aliphatic rings. The molecule has 3 rings (SSSR count). The molecule has 0 saturated carbocycles. The number of hydrogen-bond donors (Lipinski definition) is 1. The molecule has 0 aliphatic carbocycles. The van der Waals surface area contributed by atoms with E-state index < -0.39 is 10.0 Å². The number of carbonyl (C=O) groups is 1. The van der Waals surface area contributed by atoms with E-state index in [1.807, 2.05) is 24.8 Å². The highest BCUT2D eigenvalue weighted by Crippen LogP contribution is 2.29. The number of amides is 1. The summed E-state index contributed by atoms with van der Waals surface area (Å²) in [5.41, 5.74) is 7.82. The minimum Gasteiger partial charge on any atom is -0.339 e. The first-order valence-corrected chi connectivity index (χ1v) is 11.3. The molecule has 0 spiro atoms. The van der Waals surface area contributed by atoms with Crippen LogP contribution in [-0.4, -0.2) is 55.8 Å². The molecule has 2 saturated heterocycles. The fourth-order valence-electron chi connectivity index (χ4n) is 4.22. The lowest BCUT2D eigenvalue weighted by atomic mass is 9.96. The van der Waals surface area contributed by atoms with Gasteiger partial charge in [-0.05, 0) is 75.8 Å². The summed E-state index contributed by atoms with van der Waals surface area (Å²) >= 11 is 0. The van der Waals surface area contributed by atoms with Gasteiger partial charge in [-0.15, -0.1) is 0 Å². The lowest BCUT2D eigenvalue weighted by molar-refractivity contribution is -0.137. The van der Waals surface area contributed by atoms with Gasteiger partial charge in [-0.1, -0.05) is 6.07 Å². The van der Waals surface area contributed by atoms with E-state index in [1.54, 1.807) is 12.1 Å². The minimum atomic E-state index is -3.50. The van der Waals surface area contributed by atoms with Crippen molar-refractivity contribution in [3.63, 3.8) is 0 Å². The fraction of sp³-hybridized carbons (Fsp3) is 0.650. The predicted molar refractivity (Wildman–Crippen MR) is 106 cm³/mol. The Morgan fingerprint density at radius 1 is 1.19 bits per heavy atom. The number of carbonyl (C=O) groups excluding carboxylic acids is 1. The third kappa shape index (κ3) is 4.05. The van der Waals surface area contributed by atoms with Crippen LogP contribution in [0.25, 0.3) is 0 Å². The van der Waals surface area contributed by atoms with Gasteiger partial charge < -0.3 is 10.6 Å². The Morgan fingerprint density at radius 2 is 1.85 bits per heavy atom. The molecule has 0 aromatic heterocycles. The van der Waals surface area contributed by atoms with E-state index >= 15 is 0 Å². The molecule has 27 heavy (non-hydrogen) atoms. The summed E-state index contributed by atoms with van der Waals surface area (Å²) in [6.07, 6.45) is 2.13. The van der Waals surface area contributed by atoms with Gasteiger partial charge in [0.1, 0.15) is 0 Å². The Balaban J connectivity index is 1.64. The van der Waals surface area contributed by atoms with Crippen molar-refractivity contribution in [2.24, 2.45) is 17.6 Å². The smallest absolute Gasteiger partial charge is 0.243 e. The molecule has 2 atom stereocenters. The van der Waals surface area contributed by atoms with Crippen molar-refractivity contribution >= 4 is 15.9 Å². The van der Waals surface area contributed by atoms with Crippen molar-refractivity contribution in [2.75, 3.05) is 26.2 Å². The topological polar surface area (TPSA) is 83.7 Å².